The van der Waals surface area contributed by atoms with Crippen molar-refractivity contribution in [1.82, 2.24) is 20.2 Å². The van der Waals surface area contributed by atoms with E-state index in [9.17, 15) is 0 Å². The molecular formula is C19H20N6O2. The number of fused-ring (bicyclic) bond motifs is 2. The summed E-state index contributed by atoms with van der Waals surface area (Å²) in [6.45, 7) is 1.62. The quantitative estimate of drug-likeness (QED) is 0.719. The van der Waals surface area contributed by atoms with Gasteiger partial charge in [0.25, 0.3) is 0 Å². The number of rotatable bonds is 5. The van der Waals surface area contributed by atoms with Gasteiger partial charge in [-0.2, -0.15) is 10.1 Å². The molecule has 1 aromatic carbocycles. The summed E-state index contributed by atoms with van der Waals surface area (Å²) in [4.78, 5) is 11.3. The molecule has 2 atom stereocenters. The van der Waals surface area contributed by atoms with Crippen molar-refractivity contribution in [3.05, 3.63) is 42.6 Å². The normalized spacial score (nSPS) is 20.9. The molecule has 27 heavy (non-hydrogen) atoms. The standard InChI is InChI=1S/C19H20N6O2/c1-26-14-4-2-12(3-5-14)16-9-18(24-23-16)21-17-6-7-20-19(22-17)25-10-15-8-13(25)11-27-15/h2-7,9,13,15H,8,10-11H2,1H3,(H2,20,21,22,23,24)/t13-,15-/m1/s1. The van der Waals surface area contributed by atoms with Gasteiger partial charge >= 0.3 is 0 Å². The van der Waals surface area contributed by atoms with Crippen molar-refractivity contribution in [3.63, 3.8) is 0 Å². The Morgan fingerprint density at radius 3 is 2.85 bits per heavy atom. The van der Waals surface area contributed by atoms with Crippen molar-refractivity contribution >= 4 is 17.6 Å². The van der Waals surface area contributed by atoms with E-state index in [-0.39, 0.29) is 0 Å². The van der Waals surface area contributed by atoms with Gasteiger partial charge in [-0.15, -0.1) is 0 Å². The Morgan fingerprint density at radius 1 is 1.22 bits per heavy atom. The lowest BCUT2D eigenvalue weighted by Crippen LogP contribution is -2.38. The SMILES string of the molecule is COc1ccc(-c2cc(Nc3ccnc(N4C[C@H]5C[C@@H]4CO5)n3)n[nH]2)cc1. The topological polar surface area (TPSA) is 88.2 Å². The Kier molecular flexibility index (Phi) is 3.90. The Bertz CT molecular complexity index is 941. The Balaban J connectivity index is 1.32. The van der Waals surface area contributed by atoms with E-state index < -0.39 is 0 Å². The average Bonchev–Trinajstić information content (AvgIpc) is 3.45. The van der Waals surface area contributed by atoms with Gasteiger partial charge < -0.3 is 19.7 Å². The molecule has 3 aromatic rings. The second-order valence-corrected chi connectivity index (χ2v) is 6.76. The van der Waals surface area contributed by atoms with E-state index in [0.29, 0.717) is 18.0 Å². The van der Waals surface area contributed by atoms with E-state index in [1.807, 2.05) is 36.4 Å². The molecule has 0 saturated carbocycles. The number of aromatic nitrogens is 4. The van der Waals surface area contributed by atoms with Gasteiger partial charge in [0.1, 0.15) is 11.6 Å². The number of nitrogens with zero attached hydrogens (tertiary/aromatic N) is 4. The van der Waals surface area contributed by atoms with Gasteiger partial charge in [-0.3, -0.25) is 5.10 Å². The van der Waals surface area contributed by atoms with Crippen LogP contribution in [0.3, 0.4) is 0 Å². The largest absolute Gasteiger partial charge is 0.497 e. The van der Waals surface area contributed by atoms with Crippen LogP contribution in [0.5, 0.6) is 5.75 Å². The Hall–Kier alpha value is -3.13. The van der Waals surface area contributed by atoms with E-state index in [1.165, 1.54) is 0 Å². The fourth-order valence-electron chi connectivity index (χ4n) is 3.64. The summed E-state index contributed by atoms with van der Waals surface area (Å²) in [5.41, 5.74) is 1.95. The molecule has 0 amide bonds. The van der Waals surface area contributed by atoms with E-state index in [0.717, 1.165) is 48.3 Å². The average molecular weight is 364 g/mol. The maximum atomic E-state index is 5.65. The van der Waals surface area contributed by atoms with Gasteiger partial charge in [-0.25, -0.2) is 4.98 Å². The summed E-state index contributed by atoms with van der Waals surface area (Å²) in [7, 11) is 1.66. The van der Waals surface area contributed by atoms with E-state index >= 15 is 0 Å². The fourth-order valence-corrected chi connectivity index (χ4v) is 3.64. The lowest BCUT2D eigenvalue weighted by molar-refractivity contribution is 0.0986. The van der Waals surface area contributed by atoms with Crippen LogP contribution in [-0.2, 0) is 4.74 Å². The molecule has 4 heterocycles. The molecule has 5 rings (SSSR count). The monoisotopic (exact) mass is 364 g/mol. The Morgan fingerprint density at radius 2 is 2.11 bits per heavy atom. The third-order valence-electron chi connectivity index (χ3n) is 5.04. The number of hydrogen-bond acceptors (Lipinski definition) is 7. The number of anilines is 3. The highest BCUT2D eigenvalue weighted by Gasteiger charge is 2.40. The van der Waals surface area contributed by atoms with Crippen molar-refractivity contribution in [1.29, 1.82) is 0 Å². The highest BCUT2D eigenvalue weighted by atomic mass is 16.5. The first-order valence-corrected chi connectivity index (χ1v) is 8.96. The van der Waals surface area contributed by atoms with Crippen LogP contribution in [-0.4, -0.2) is 52.6 Å². The van der Waals surface area contributed by atoms with Gasteiger partial charge in [-0.05, 0) is 42.3 Å². The predicted molar refractivity (Wildman–Crippen MR) is 101 cm³/mol. The third-order valence-corrected chi connectivity index (χ3v) is 5.04. The number of ether oxygens (including phenoxy) is 2. The zero-order valence-electron chi connectivity index (χ0n) is 14.9. The summed E-state index contributed by atoms with van der Waals surface area (Å²) in [5, 5.41) is 10.6. The zero-order chi connectivity index (χ0) is 18.2. The van der Waals surface area contributed by atoms with E-state index in [1.54, 1.807) is 13.3 Å². The number of hydrogen-bond donors (Lipinski definition) is 2. The van der Waals surface area contributed by atoms with Crippen molar-refractivity contribution in [2.75, 3.05) is 30.5 Å². The summed E-state index contributed by atoms with van der Waals surface area (Å²) in [5.74, 6) is 2.99. The van der Waals surface area contributed by atoms with Crippen LogP contribution in [0.2, 0.25) is 0 Å². The van der Waals surface area contributed by atoms with Crippen molar-refractivity contribution < 1.29 is 9.47 Å². The molecule has 2 aliphatic heterocycles. The summed E-state index contributed by atoms with van der Waals surface area (Å²) in [6, 6.07) is 12.0. The van der Waals surface area contributed by atoms with Crippen molar-refractivity contribution in [2.24, 2.45) is 0 Å². The zero-order valence-corrected chi connectivity index (χ0v) is 14.9. The van der Waals surface area contributed by atoms with Gasteiger partial charge in [0.2, 0.25) is 5.95 Å². The maximum absolute atomic E-state index is 5.65. The second-order valence-electron chi connectivity index (χ2n) is 6.76. The van der Waals surface area contributed by atoms with Crippen LogP contribution in [0.1, 0.15) is 6.42 Å². The van der Waals surface area contributed by atoms with Crippen LogP contribution in [0.25, 0.3) is 11.3 Å². The summed E-state index contributed by atoms with van der Waals surface area (Å²) in [6.07, 6.45) is 3.15. The summed E-state index contributed by atoms with van der Waals surface area (Å²) >= 11 is 0. The van der Waals surface area contributed by atoms with Crippen molar-refractivity contribution in [3.8, 4) is 17.0 Å². The molecule has 0 aliphatic carbocycles. The first-order valence-electron chi connectivity index (χ1n) is 8.96. The molecule has 0 unspecified atom stereocenters. The molecule has 2 fully saturated rings. The molecule has 2 saturated heterocycles. The Labute approximate surface area is 156 Å². The van der Waals surface area contributed by atoms with Gasteiger partial charge in [0.15, 0.2) is 5.82 Å². The van der Waals surface area contributed by atoms with Crippen molar-refractivity contribution in [2.45, 2.75) is 18.6 Å². The minimum absolute atomic E-state index is 0.314. The number of H-pyrrole nitrogens is 1. The first-order chi connectivity index (χ1) is 13.3. The highest BCUT2D eigenvalue weighted by Crippen LogP contribution is 2.31. The van der Waals surface area contributed by atoms with Gasteiger partial charge in [0, 0.05) is 18.8 Å². The fraction of sp³-hybridized carbons (Fsp3) is 0.316. The number of benzene rings is 1. The smallest absolute Gasteiger partial charge is 0.227 e. The molecule has 2 N–H and O–H groups in total. The molecule has 8 heteroatoms. The van der Waals surface area contributed by atoms with Crippen LogP contribution in [0.4, 0.5) is 17.6 Å². The van der Waals surface area contributed by atoms with Crippen LogP contribution in [0, 0.1) is 0 Å². The predicted octanol–water partition coefficient (Wildman–Crippen LogP) is 2.60. The van der Waals surface area contributed by atoms with E-state index in [4.69, 9.17) is 9.47 Å². The lowest BCUT2D eigenvalue weighted by Gasteiger charge is -2.26. The molecule has 2 aromatic heterocycles. The number of aromatic amines is 1. The molecular weight excluding hydrogens is 344 g/mol. The number of morpholine rings is 1. The lowest BCUT2D eigenvalue weighted by atomic mass is 10.1. The second kappa shape index (κ2) is 6.55. The molecule has 8 nitrogen and oxygen atoms in total. The van der Waals surface area contributed by atoms with Gasteiger partial charge in [0.05, 0.1) is 31.6 Å². The minimum Gasteiger partial charge on any atom is -0.497 e. The van der Waals surface area contributed by atoms with Gasteiger partial charge in [-0.1, -0.05) is 0 Å². The third kappa shape index (κ3) is 3.08. The van der Waals surface area contributed by atoms with E-state index in [2.05, 4.69) is 30.4 Å². The molecule has 2 bridgehead atoms. The van der Waals surface area contributed by atoms with Crippen LogP contribution >= 0.6 is 0 Å². The molecule has 0 radical (unpaired) electrons. The number of methoxy groups -OCH3 is 1. The minimum atomic E-state index is 0.314. The molecule has 138 valence electrons. The maximum Gasteiger partial charge on any atom is 0.227 e. The van der Waals surface area contributed by atoms with Crippen LogP contribution in [0.15, 0.2) is 42.6 Å². The number of nitrogens with one attached hydrogen (secondary N) is 2. The molecule has 2 aliphatic rings. The molecule has 0 spiro atoms. The van der Waals surface area contributed by atoms with Crippen LogP contribution < -0.4 is 15.0 Å². The first kappa shape index (κ1) is 16.1. The highest BCUT2D eigenvalue weighted by molar-refractivity contribution is 5.65. The summed E-state index contributed by atoms with van der Waals surface area (Å²) < 4.78 is 10.9.